The van der Waals surface area contributed by atoms with E-state index in [2.05, 4.69) is 10.2 Å². The maximum Gasteiger partial charge on any atom is 0.309 e. The Morgan fingerprint density at radius 3 is 2.38 bits per heavy atom. The van der Waals surface area contributed by atoms with Gasteiger partial charge in [-0.15, -0.1) is 0 Å². The van der Waals surface area contributed by atoms with Gasteiger partial charge in [0.05, 0.1) is 0 Å². The lowest BCUT2D eigenvalue weighted by Gasteiger charge is -2.28. The van der Waals surface area contributed by atoms with Gasteiger partial charge in [-0.1, -0.05) is 0 Å². The van der Waals surface area contributed by atoms with Gasteiger partial charge in [0, 0.05) is 6.04 Å². The molecule has 1 aliphatic heterocycles. The molecule has 5 heteroatoms. The zero-order valence-electron chi connectivity index (χ0n) is 7.75. The summed E-state index contributed by atoms with van der Waals surface area (Å²) in [5.41, 5.74) is 4.82. The zero-order chi connectivity index (χ0) is 9.84. The van der Waals surface area contributed by atoms with Crippen molar-refractivity contribution in [1.29, 1.82) is 0 Å². The van der Waals surface area contributed by atoms with Crippen molar-refractivity contribution in [3.05, 3.63) is 0 Å². The second kappa shape index (κ2) is 4.23. The fraction of sp³-hybridized carbons (Fsp3) is 0.750. The maximum atomic E-state index is 10.9. The lowest BCUT2D eigenvalue weighted by Crippen LogP contribution is -2.47. The van der Waals surface area contributed by atoms with E-state index in [4.69, 9.17) is 5.73 Å². The predicted octanol–water partition coefficient (Wildman–Crippen LogP) is -1.32. The van der Waals surface area contributed by atoms with Crippen molar-refractivity contribution in [3.8, 4) is 0 Å². The van der Waals surface area contributed by atoms with Crippen molar-refractivity contribution >= 4 is 11.8 Å². The standard InChI is InChI=1S/C8H15N3O2/c1-11-4-2-6(3-5-11)10-8(13)7(9)12/h6H,2-5H2,1H3,(H2,9,12)(H,10,13). The first-order valence-corrected chi connectivity index (χ1v) is 4.38. The summed E-state index contributed by atoms with van der Waals surface area (Å²) in [5, 5.41) is 2.60. The smallest absolute Gasteiger partial charge is 0.309 e. The molecule has 1 rings (SSSR count). The van der Waals surface area contributed by atoms with Crippen molar-refractivity contribution in [3.63, 3.8) is 0 Å². The van der Waals surface area contributed by atoms with E-state index in [1.807, 2.05) is 7.05 Å². The summed E-state index contributed by atoms with van der Waals surface area (Å²) in [6.45, 7) is 1.90. The fourth-order valence-corrected chi connectivity index (χ4v) is 1.41. The minimum absolute atomic E-state index is 0.108. The molecular weight excluding hydrogens is 170 g/mol. The molecule has 1 aliphatic rings. The number of amides is 2. The van der Waals surface area contributed by atoms with Crippen LogP contribution in [0.1, 0.15) is 12.8 Å². The summed E-state index contributed by atoms with van der Waals surface area (Å²) in [4.78, 5) is 23.5. The van der Waals surface area contributed by atoms with E-state index in [0.717, 1.165) is 25.9 Å². The number of nitrogens with zero attached hydrogens (tertiary/aromatic N) is 1. The van der Waals surface area contributed by atoms with Crippen LogP contribution in [-0.2, 0) is 9.59 Å². The van der Waals surface area contributed by atoms with Gasteiger partial charge in [0.15, 0.2) is 0 Å². The maximum absolute atomic E-state index is 10.9. The Labute approximate surface area is 77.3 Å². The number of nitrogens with two attached hydrogens (primary N) is 1. The second-order valence-electron chi connectivity index (χ2n) is 3.42. The van der Waals surface area contributed by atoms with E-state index in [1.54, 1.807) is 0 Å². The molecule has 0 radical (unpaired) electrons. The van der Waals surface area contributed by atoms with Gasteiger partial charge in [0.25, 0.3) is 0 Å². The van der Waals surface area contributed by atoms with Crippen molar-refractivity contribution in [2.45, 2.75) is 18.9 Å². The number of nitrogens with one attached hydrogen (secondary N) is 1. The van der Waals surface area contributed by atoms with Crippen LogP contribution >= 0.6 is 0 Å². The molecule has 0 saturated carbocycles. The van der Waals surface area contributed by atoms with Crippen LogP contribution in [0, 0.1) is 0 Å². The third-order valence-electron chi connectivity index (χ3n) is 2.28. The van der Waals surface area contributed by atoms with Crippen LogP contribution in [0.5, 0.6) is 0 Å². The van der Waals surface area contributed by atoms with Gasteiger partial charge in [-0.3, -0.25) is 9.59 Å². The molecule has 0 spiro atoms. The molecule has 0 bridgehead atoms. The molecule has 74 valence electrons. The van der Waals surface area contributed by atoms with E-state index >= 15 is 0 Å². The molecule has 0 aromatic carbocycles. The molecule has 2 amide bonds. The first-order chi connectivity index (χ1) is 6.09. The Morgan fingerprint density at radius 1 is 1.38 bits per heavy atom. The van der Waals surface area contributed by atoms with Gasteiger partial charge < -0.3 is 16.0 Å². The van der Waals surface area contributed by atoms with Crippen molar-refractivity contribution in [2.24, 2.45) is 5.73 Å². The van der Waals surface area contributed by atoms with Crippen LogP contribution in [0.3, 0.4) is 0 Å². The highest BCUT2D eigenvalue weighted by Crippen LogP contribution is 2.07. The Hall–Kier alpha value is -1.10. The lowest BCUT2D eigenvalue weighted by atomic mass is 10.1. The van der Waals surface area contributed by atoms with Crippen LogP contribution in [0.25, 0.3) is 0 Å². The number of likely N-dealkylation sites (tertiary alicyclic amines) is 1. The third-order valence-corrected chi connectivity index (χ3v) is 2.28. The summed E-state index contributed by atoms with van der Waals surface area (Å²) in [6.07, 6.45) is 1.77. The molecule has 13 heavy (non-hydrogen) atoms. The van der Waals surface area contributed by atoms with Gasteiger partial charge in [-0.25, -0.2) is 0 Å². The molecule has 0 aliphatic carbocycles. The number of hydrogen-bond acceptors (Lipinski definition) is 3. The summed E-state index contributed by atoms with van der Waals surface area (Å²) in [7, 11) is 2.03. The topological polar surface area (TPSA) is 75.4 Å². The highest BCUT2D eigenvalue weighted by molar-refractivity contribution is 6.34. The number of piperidine rings is 1. The number of hydrogen-bond donors (Lipinski definition) is 2. The number of carbonyl (C=O) groups excluding carboxylic acids is 2. The first-order valence-electron chi connectivity index (χ1n) is 4.38. The van der Waals surface area contributed by atoms with E-state index in [1.165, 1.54) is 0 Å². The molecule has 1 saturated heterocycles. The number of primary amides is 1. The molecule has 0 atom stereocenters. The van der Waals surface area contributed by atoms with E-state index in [0.29, 0.717) is 0 Å². The third kappa shape index (κ3) is 3.02. The Bertz CT molecular complexity index is 209. The molecule has 0 aromatic heterocycles. The van der Waals surface area contributed by atoms with Crippen molar-refractivity contribution < 1.29 is 9.59 Å². The summed E-state index contributed by atoms with van der Waals surface area (Å²) in [5.74, 6) is -1.58. The molecule has 0 aromatic rings. The number of carbonyl (C=O) groups is 2. The Kier molecular flexibility index (Phi) is 3.25. The molecule has 1 fully saturated rings. The SMILES string of the molecule is CN1CCC(NC(=O)C(N)=O)CC1. The molecule has 5 nitrogen and oxygen atoms in total. The van der Waals surface area contributed by atoms with Crippen LogP contribution in [0.2, 0.25) is 0 Å². The monoisotopic (exact) mass is 185 g/mol. The molecule has 0 unspecified atom stereocenters. The van der Waals surface area contributed by atoms with Gasteiger partial charge in [0.1, 0.15) is 0 Å². The molecular formula is C8H15N3O2. The summed E-state index contributed by atoms with van der Waals surface area (Å²) in [6, 6.07) is 0.108. The minimum atomic E-state index is -0.904. The van der Waals surface area contributed by atoms with Crippen LogP contribution < -0.4 is 11.1 Å². The summed E-state index contributed by atoms with van der Waals surface area (Å²) >= 11 is 0. The van der Waals surface area contributed by atoms with Crippen molar-refractivity contribution in [1.82, 2.24) is 10.2 Å². The average Bonchev–Trinajstić information content (AvgIpc) is 2.08. The normalized spacial score (nSPS) is 19.8. The zero-order valence-corrected chi connectivity index (χ0v) is 7.75. The van der Waals surface area contributed by atoms with Crippen LogP contribution in [-0.4, -0.2) is 42.9 Å². The quantitative estimate of drug-likeness (QED) is 0.498. The highest BCUT2D eigenvalue weighted by Gasteiger charge is 2.20. The minimum Gasteiger partial charge on any atom is -0.361 e. The highest BCUT2D eigenvalue weighted by atomic mass is 16.2. The van der Waals surface area contributed by atoms with Gasteiger partial charge in [-0.05, 0) is 33.0 Å². The van der Waals surface area contributed by atoms with E-state index < -0.39 is 11.8 Å². The van der Waals surface area contributed by atoms with E-state index in [9.17, 15) is 9.59 Å². The van der Waals surface area contributed by atoms with E-state index in [-0.39, 0.29) is 6.04 Å². The first kappa shape index (κ1) is 9.98. The largest absolute Gasteiger partial charge is 0.361 e. The van der Waals surface area contributed by atoms with Gasteiger partial charge in [0.2, 0.25) is 0 Å². The molecule has 1 heterocycles. The van der Waals surface area contributed by atoms with Gasteiger partial charge in [-0.2, -0.15) is 0 Å². The van der Waals surface area contributed by atoms with Gasteiger partial charge >= 0.3 is 11.8 Å². The van der Waals surface area contributed by atoms with Crippen LogP contribution in [0.15, 0.2) is 0 Å². The Balaban J connectivity index is 2.30. The van der Waals surface area contributed by atoms with Crippen molar-refractivity contribution in [2.75, 3.05) is 20.1 Å². The Morgan fingerprint density at radius 2 is 1.92 bits per heavy atom. The summed E-state index contributed by atoms with van der Waals surface area (Å²) < 4.78 is 0. The lowest BCUT2D eigenvalue weighted by molar-refractivity contribution is -0.137. The number of rotatable bonds is 1. The fourth-order valence-electron chi connectivity index (χ4n) is 1.41. The molecule has 3 N–H and O–H groups in total. The van der Waals surface area contributed by atoms with Crippen LogP contribution in [0.4, 0.5) is 0 Å². The average molecular weight is 185 g/mol. The predicted molar refractivity (Wildman–Crippen MR) is 47.9 cm³/mol. The second-order valence-corrected chi connectivity index (χ2v) is 3.42.